The van der Waals surface area contributed by atoms with Crippen molar-refractivity contribution in [3.63, 3.8) is 0 Å². The maximum absolute atomic E-state index is 14.2. The van der Waals surface area contributed by atoms with Gasteiger partial charge in [0.05, 0.1) is 18.6 Å². The molecule has 1 aromatic carbocycles. The number of benzene rings is 1. The zero-order chi connectivity index (χ0) is 28.9. The number of ether oxygens (including phenoxy) is 1. The van der Waals surface area contributed by atoms with Crippen LogP contribution in [0.4, 0.5) is 8.78 Å². The standard InChI is InChI=1S/C27H29F2N5O5S/c1-5-33-25(37)21-23(36)22(35)18(24-31-30-20(40-24)10-15-6-7-16(28)11-19(15)29)13-34(21)32(3)27(33)9-8-17(14(2)12-27)26(38)39-4/h6-7,11,13-14,17,36H,5,8-10,12H2,1-4H3/t14-,17+,27?/m1/s1. The van der Waals surface area contributed by atoms with Crippen molar-refractivity contribution in [2.24, 2.45) is 11.8 Å². The molecule has 0 saturated heterocycles. The maximum Gasteiger partial charge on any atom is 0.308 e. The van der Waals surface area contributed by atoms with Crippen LogP contribution in [0, 0.1) is 23.5 Å². The van der Waals surface area contributed by atoms with E-state index in [1.165, 1.54) is 24.0 Å². The number of aromatic nitrogens is 3. The lowest BCUT2D eigenvalue weighted by Gasteiger charge is -2.57. The molecule has 0 bridgehead atoms. The summed E-state index contributed by atoms with van der Waals surface area (Å²) in [6.45, 7) is 4.11. The SMILES string of the molecule is CCN1C(=O)c2c(O)c(=O)c(-c3nnc(Cc4ccc(F)cc4F)s3)cn2N(C)C12CC[C@H](C(=O)OC)[C@H](C)C2. The molecular formula is C27H29F2N5O5S. The lowest BCUT2D eigenvalue weighted by molar-refractivity contribution is -0.150. The van der Waals surface area contributed by atoms with Crippen molar-refractivity contribution in [3.8, 4) is 16.3 Å². The van der Waals surface area contributed by atoms with E-state index >= 15 is 0 Å². The van der Waals surface area contributed by atoms with E-state index in [9.17, 15) is 28.3 Å². The molecule has 5 rings (SSSR count). The summed E-state index contributed by atoms with van der Waals surface area (Å²) in [5, 5.41) is 21.5. The molecule has 1 aliphatic heterocycles. The second-order valence-electron chi connectivity index (χ2n) is 10.2. The lowest BCUT2D eigenvalue weighted by Crippen LogP contribution is -2.71. The Labute approximate surface area is 232 Å². The van der Waals surface area contributed by atoms with Crippen molar-refractivity contribution < 1.29 is 28.2 Å². The van der Waals surface area contributed by atoms with E-state index in [0.29, 0.717) is 30.8 Å². The van der Waals surface area contributed by atoms with Gasteiger partial charge in [-0.2, -0.15) is 0 Å². The number of hydrogen-bond acceptors (Lipinski definition) is 9. The first-order valence-electron chi connectivity index (χ1n) is 12.9. The molecule has 1 fully saturated rings. The topological polar surface area (TPSA) is 118 Å². The van der Waals surface area contributed by atoms with Gasteiger partial charge in [0.1, 0.15) is 22.3 Å². The van der Waals surface area contributed by atoms with E-state index < -0.39 is 34.4 Å². The molecule has 1 unspecified atom stereocenters. The van der Waals surface area contributed by atoms with Crippen LogP contribution in [0.25, 0.3) is 10.6 Å². The van der Waals surface area contributed by atoms with Gasteiger partial charge in [0, 0.05) is 32.3 Å². The molecule has 1 amide bonds. The number of fused-ring (bicyclic) bond motifs is 1. The van der Waals surface area contributed by atoms with Crippen LogP contribution < -0.4 is 10.4 Å². The highest BCUT2D eigenvalue weighted by Gasteiger charge is 2.53. The third kappa shape index (κ3) is 4.32. The molecule has 1 N–H and O–H groups in total. The third-order valence-corrected chi connectivity index (χ3v) is 9.06. The van der Waals surface area contributed by atoms with Gasteiger partial charge in [0.2, 0.25) is 5.43 Å². The molecule has 1 aliphatic carbocycles. The number of aromatic hydroxyl groups is 1. The number of halogens is 2. The Morgan fingerprint density at radius 3 is 2.67 bits per heavy atom. The van der Waals surface area contributed by atoms with Crippen molar-refractivity contribution in [1.29, 1.82) is 0 Å². The van der Waals surface area contributed by atoms with Crippen molar-refractivity contribution in [2.45, 2.75) is 45.2 Å². The fourth-order valence-corrected chi connectivity index (χ4v) is 6.91. The van der Waals surface area contributed by atoms with E-state index in [4.69, 9.17) is 4.74 Å². The molecule has 10 nitrogen and oxygen atoms in total. The number of nitrogens with zero attached hydrogens (tertiary/aromatic N) is 5. The minimum Gasteiger partial charge on any atom is -0.502 e. The fourth-order valence-electron chi connectivity index (χ4n) is 6.04. The van der Waals surface area contributed by atoms with Crippen LogP contribution in [-0.2, 0) is 16.0 Å². The lowest BCUT2D eigenvalue weighted by atomic mass is 9.73. The summed E-state index contributed by atoms with van der Waals surface area (Å²) in [6, 6.07) is 3.25. The van der Waals surface area contributed by atoms with Crippen LogP contribution in [0.3, 0.4) is 0 Å². The quantitative estimate of drug-likeness (QED) is 0.462. The van der Waals surface area contributed by atoms with Gasteiger partial charge in [0.25, 0.3) is 5.91 Å². The van der Waals surface area contributed by atoms with Gasteiger partial charge in [-0.3, -0.25) is 24.1 Å². The zero-order valence-corrected chi connectivity index (χ0v) is 23.3. The van der Waals surface area contributed by atoms with Crippen LogP contribution in [0.5, 0.6) is 5.75 Å². The largest absolute Gasteiger partial charge is 0.502 e. The summed E-state index contributed by atoms with van der Waals surface area (Å²) < 4.78 is 33.9. The number of carbonyl (C=O) groups excluding carboxylic acids is 2. The van der Waals surface area contributed by atoms with Crippen LogP contribution in [0.2, 0.25) is 0 Å². The Bertz CT molecular complexity index is 1560. The predicted octanol–water partition coefficient (Wildman–Crippen LogP) is 3.29. The molecule has 2 aliphatic rings. The van der Waals surface area contributed by atoms with Crippen molar-refractivity contribution >= 4 is 23.2 Å². The third-order valence-electron chi connectivity index (χ3n) is 8.11. The van der Waals surface area contributed by atoms with Crippen LogP contribution in [-0.4, -0.2) is 63.1 Å². The normalized spacial score (nSPS) is 22.5. The molecule has 3 heterocycles. The van der Waals surface area contributed by atoms with Crippen molar-refractivity contribution in [2.75, 3.05) is 25.7 Å². The molecule has 40 heavy (non-hydrogen) atoms. The van der Waals surface area contributed by atoms with Crippen molar-refractivity contribution in [1.82, 2.24) is 19.8 Å². The van der Waals surface area contributed by atoms with Crippen molar-refractivity contribution in [3.05, 3.63) is 62.5 Å². The van der Waals surface area contributed by atoms with E-state index in [1.54, 1.807) is 11.9 Å². The minimum atomic E-state index is -0.812. The van der Waals surface area contributed by atoms with Gasteiger partial charge >= 0.3 is 5.97 Å². The Balaban J connectivity index is 1.54. The summed E-state index contributed by atoms with van der Waals surface area (Å²) in [6.07, 6.45) is 2.94. The Morgan fingerprint density at radius 1 is 1.27 bits per heavy atom. The number of pyridine rings is 1. The maximum atomic E-state index is 14.2. The number of carbonyl (C=O) groups is 2. The first kappa shape index (κ1) is 27.7. The Hall–Kier alpha value is -3.87. The van der Waals surface area contributed by atoms with Gasteiger partial charge < -0.3 is 14.7 Å². The van der Waals surface area contributed by atoms with E-state index in [-0.39, 0.29) is 46.1 Å². The van der Waals surface area contributed by atoms with Crippen LogP contribution >= 0.6 is 11.3 Å². The number of rotatable bonds is 5. The summed E-state index contributed by atoms with van der Waals surface area (Å²) in [5.74, 6) is -3.30. The molecule has 13 heteroatoms. The molecule has 3 aromatic rings. The van der Waals surface area contributed by atoms with Crippen LogP contribution in [0.1, 0.15) is 54.2 Å². The van der Waals surface area contributed by atoms with E-state index in [1.807, 2.05) is 18.9 Å². The first-order valence-corrected chi connectivity index (χ1v) is 13.7. The fraction of sp³-hybridized carbons (Fsp3) is 0.444. The van der Waals surface area contributed by atoms with Gasteiger partial charge in [-0.1, -0.05) is 24.3 Å². The molecule has 1 saturated carbocycles. The second kappa shape index (κ2) is 10.3. The van der Waals surface area contributed by atoms with Gasteiger partial charge in [-0.05, 0) is 43.7 Å². The summed E-state index contributed by atoms with van der Waals surface area (Å²) in [5.41, 5.74) is -1.50. The Morgan fingerprint density at radius 2 is 2.02 bits per heavy atom. The summed E-state index contributed by atoms with van der Waals surface area (Å²) >= 11 is 1.04. The zero-order valence-electron chi connectivity index (χ0n) is 22.5. The molecule has 0 radical (unpaired) electrons. The highest BCUT2D eigenvalue weighted by Crippen LogP contribution is 2.45. The summed E-state index contributed by atoms with van der Waals surface area (Å²) in [7, 11) is 3.14. The number of amides is 1. The first-order chi connectivity index (χ1) is 19.0. The molecule has 2 aromatic heterocycles. The Kier molecular flexibility index (Phi) is 7.11. The number of methoxy groups -OCH3 is 1. The average Bonchev–Trinajstić information content (AvgIpc) is 3.38. The monoisotopic (exact) mass is 573 g/mol. The number of hydrogen-bond donors (Lipinski definition) is 1. The molecule has 1 spiro atoms. The molecular weight excluding hydrogens is 544 g/mol. The smallest absolute Gasteiger partial charge is 0.308 e. The van der Waals surface area contributed by atoms with E-state index in [0.717, 1.165) is 23.5 Å². The van der Waals surface area contributed by atoms with Gasteiger partial charge in [-0.15, -0.1) is 10.2 Å². The predicted molar refractivity (Wildman–Crippen MR) is 143 cm³/mol. The average molecular weight is 574 g/mol. The highest BCUT2D eigenvalue weighted by molar-refractivity contribution is 7.14. The molecule has 3 atom stereocenters. The van der Waals surface area contributed by atoms with Gasteiger partial charge in [0.15, 0.2) is 16.5 Å². The van der Waals surface area contributed by atoms with Gasteiger partial charge in [-0.25, -0.2) is 8.78 Å². The van der Waals surface area contributed by atoms with E-state index in [2.05, 4.69) is 10.2 Å². The second-order valence-corrected chi connectivity index (χ2v) is 11.3. The van der Waals surface area contributed by atoms with Crippen LogP contribution in [0.15, 0.2) is 29.2 Å². The molecule has 212 valence electrons. The minimum absolute atomic E-state index is 0.0284. The summed E-state index contributed by atoms with van der Waals surface area (Å²) in [4.78, 5) is 41.0. The highest BCUT2D eigenvalue weighted by atomic mass is 32.1. The number of esters is 1.